The molecule has 0 unspecified atom stereocenters. The molecule has 0 saturated heterocycles. The van der Waals surface area contributed by atoms with E-state index in [4.69, 9.17) is 0 Å². The first kappa shape index (κ1) is 7.75. The van der Waals surface area contributed by atoms with Crippen LogP contribution in [0.2, 0.25) is 0 Å². The van der Waals surface area contributed by atoms with E-state index in [1.165, 1.54) is 4.90 Å². The normalized spacial score (nSPS) is 9.70. The Bertz CT molecular complexity index is 221. The van der Waals surface area contributed by atoms with Crippen LogP contribution < -0.4 is 0 Å². The Labute approximate surface area is 67.6 Å². The summed E-state index contributed by atoms with van der Waals surface area (Å²) < 4.78 is 0. The van der Waals surface area contributed by atoms with Crippen molar-refractivity contribution in [2.75, 3.05) is 6.26 Å². The van der Waals surface area contributed by atoms with Crippen LogP contribution in [0.5, 0.6) is 0 Å². The van der Waals surface area contributed by atoms with E-state index in [1.54, 1.807) is 23.1 Å². The molecule has 0 amide bonds. The van der Waals surface area contributed by atoms with Crippen molar-refractivity contribution in [1.29, 1.82) is 0 Å². The summed E-state index contributed by atoms with van der Waals surface area (Å²) in [5.74, 6) is 0. The Morgan fingerprint density at radius 3 is 3.10 bits per heavy atom. The highest BCUT2D eigenvalue weighted by Gasteiger charge is 2.00. The zero-order valence-corrected chi connectivity index (χ0v) is 7.17. The van der Waals surface area contributed by atoms with Gasteiger partial charge >= 0.3 is 0 Å². The summed E-state index contributed by atoms with van der Waals surface area (Å²) in [6.07, 6.45) is 2.00. The number of thiophene rings is 1. The molecule has 0 N–H and O–H groups in total. The SMILES string of the molecule is CSc1cscc1CN=O. The van der Waals surface area contributed by atoms with Gasteiger partial charge in [0.25, 0.3) is 0 Å². The number of hydrogen-bond donors (Lipinski definition) is 0. The molecule has 10 heavy (non-hydrogen) atoms. The second-order valence-electron chi connectivity index (χ2n) is 1.75. The van der Waals surface area contributed by atoms with Crippen molar-refractivity contribution in [1.82, 2.24) is 0 Å². The van der Waals surface area contributed by atoms with Gasteiger partial charge in [0.05, 0.1) is 0 Å². The van der Waals surface area contributed by atoms with Gasteiger partial charge in [0.2, 0.25) is 0 Å². The third-order valence-electron chi connectivity index (χ3n) is 1.16. The molecule has 0 atom stereocenters. The highest BCUT2D eigenvalue weighted by atomic mass is 32.2. The van der Waals surface area contributed by atoms with Crippen molar-refractivity contribution in [3.05, 3.63) is 21.2 Å². The minimum absolute atomic E-state index is 0.305. The van der Waals surface area contributed by atoms with Crippen LogP contribution in [-0.2, 0) is 6.54 Å². The first-order chi connectivity index (χ1) is 4.88. The highest BCUT2D eigenvalue weighted by Crippen LogP contribution is 2.24. The molecule has 0 aliphatic carbocycles. The summed E-state index contributed by atoms with van der Waals surface area (Å²) in [6, 6.07) is 0. The molecular formula is C6H7NOS2. The van der Waals surface area contributed by atoms with Crippen molar-refractivity contribution in [2.24, 2.45) is 5.18 Å². The van der Waals surface area contributed by atoms with Crippen LogP contribution in [0.1, 0.15) is 5.56 Å². The lowest BCUT2D eigenvalue weighted by molar-refractivity contribution is 1.03. The van der Waals surface area contributed by atoms with E-state index in [0.29, 0.717) is 6.54 Å². The lowest BCUT2D eigenvalue weighted by Crippen LogP contribution is -1.76. The number of nitrogens with zero attached hydrogens (tertiary/aromatic N) is 1. The average Bonchev–Trinajstić information content (AvgIpc) is 2.36. The maximum absolute atomic E-state index is 9.89. The van der Waals surface area contributed by atoms with Gasteiger partial charge in [-0.3, -0.25) is 0 Å². The standard InChI is InChI=1S/C6H7NOS2/c1-9-6-4-10-3-5(6)2-7-8/h3-4H,2H2,1H3. The molecule has 0 aliphatic heterocycles. The van der Waals surface area contributed by atoms with E-state index < -0.39 is 0 Å². The minimum Gasteiger partial charge on any atom is -0.151 e. The first-order valence-corrected chi connectivity index (χ1v) is 4.93. The average molecular weight is 173 g/mol. The monoisotopic (exact) mass is 173 g/mol. The Morgan fingerprint density at radius 2 is 2.50 bits per heavy atom. The van der Waals surface area contributed by atoms with Gasteiger partial charge in [0, 0.05) is 15.8 Å². The van der Waals surface area contributed by atoms with Crippen molar-refractivity contribution in [2.45, 2.75) is 11.4 Å². The second kappa shape index (κ2) is 3.73. The lowest BCUT2D eigenvalue weighted by atomic mass is 10.3. The Kier molecular flexibility index (Phi) is 2.89. The first-order valence-electron chi connectivity index (χ1n) is 2.76. The van der Waals surface area contributed by atoms with Crippen molar-refractivity contribution in [3.8, 4) is 0 Å². The van der Waals surface area contributed by atoms with E-state index >= 15 is 0 Å². The predicted octanol–water partition coefficient (Wildman–Crippen LogP) is 2.74. The third kappa shape index (κ3) is 1.58. The molecule has 1 heterocycles. The second-order valence-corrected chi connectivity index (χ2v) is 3.34. The van der Waals surface area contributed by atoms with E-state index in [-0.39, 0.29) is 0 Å². The van der Waals surface area contributed by atoms with Crippen molar-refractivity contribution < 1.29 is 0 Å². The molecule has 0 bridgehead atoms. The quantitative estimate of drug-likeness (QED) is 0.519. The maximum atomic E-state index is 9.89. The van der Waals surface area contributed by atoms with Crippen molar-refractivity contribution >= 4 is 23.1 Å². The summed E-state index contributed by atoms with van der Waals surface area (Å²) >= 11 is 3.26. The van der Waals surface area contributed by atoms with Gasteiger partial charge in [0.15, 0.2) is 0 Å². The predicted molar refractivity (Wildman–Crippen MR) is 45.6 cm³/mol. The van der Waals surface area contributed by atoms with Crippen LogP contribution in [0, 0.1) is 4.91 Å². The van der Waals surface area contributed by atoms with Crippen LogP contribution in [0.3, 0.4) is 0 Å². The minimum atomic E-state index is 0.305. The molecular weight excluding hydrogens is 166 g/mol. The van der Waals surface area contributed by atoms with Gasteiger partial charge in [0.1, 0.15) is 6.54 Å². The fourth-order valence-corrected chi connectivity index (χ4v) is 2.40. The van der Waals surface area contributed by atoms with Crippen LogP contribution in [-0.4, -0.2) is 6.26 Å². The molecule has 0 saturated carbocycles. The molecule has 4 heteroatoms. The van der Waals surface area contributed by atoms with Crippen LogP contribution in [0.25, 0.3) is 0 Å². The largest absolute Gasteiger partial charge is 0.151 e. The molecule has 2 nitrogen and oxygen atoms in total. The Morgan fingerprint density at radius 1 is 1.70 bits per heavy atom. The van der Waals surface area contributed by atoms with Gasteiger partial charge < -0.3 is 0 Å². The van der Waals surface area contributed by atoms with E-state index in [2.05, 4.69) is 5.18 Å². The van der Waals surface area contributed by atoms with E-state index in [1.807, 2.05) is 17.0 Å². The molecule has 1 aromatic heterocycles. The van der Waals surface area contributed by atoms with Crippen LogP contribution in [0.4, 0.5) is 0 Å². The van der Waals surface area contributed by atoms with Crippen molar-refractivity contribution in [3.63, 3.8) is 0 Å². The zero-order chi connectivity index (χ0) is 7.40. The topological polar surface area (TPSA) is 29.4 Å². The maximum Gasteiger partial charge on any atom is 0.108 e. The number of thioether (sulfide) groups is 1. The van der Waals surface area contributed by atoms with E-state index in [0.717, 1.165) is 5.56 Å². The third-order valence-corrected chi connectivity index (χ3v) is 2.92. The molecule has 0 aliphatic rings. The summed E-state index contributed by atoms with van der Waals surface area (Å²) in [5, 5.41) is 6.83. The van der Waals surface area contributed by atoms with Crippen LogP contribution in [0.15, 0.2) is 20.8 Å². The van der Waals surface area contributed by atoms with Gasteiger partial charge in [-0.05, 0) is 11.6 Å². The molecule has 0 radical (unpaired) electrons. The lowest BCUT2D eigenvalue weighted by Gasteiger charge is -1.91. The summed E-state index contributed by atoms with van der Waals surface area (Å²) in [6.45, 7) is 0.305. The van der Waals surface area contributed by atoms with Gasteiger partial charge in [-0.25, -0.2) is 0 Å². The summed E-state index contributed by atoms with van der Waals surface area (Å²) in [5.41, 5.74) is 1.05. The fourth-order valence-electron chi connectivity index (χ4n) is 0.676. The number of hydrogen-bond acceptors (Lipinski definition) is 4. The number of rotatable bonds is 3. The van der Waals surface area contributed by atoms with Gasteiger partial charge in [-0.15, -0.1) is 11.8 Å². The fraction of sp³-hybridized carbons (Fsp3) is 0.333. The molecule has 1 aromatic rings. The molecule has 0 aromatic carbocycles. The number of nitroso groups, excluding NO2 is 1. The molecule has 54 valence electrons. The molecule has 1 rings (SSSR count). The molecule has 0 spiro atoms. The molecule has 0 fully saturated rings. The van der Waals surface area contributed by atoms with Gasteiger partial charge in [-0.1, -0.05) is 5.18 Å². The van der Waals surface area contributed by atoms with E-state index in [9.17, 15) is 4.91 Å². The summed E-state index contributed by atoms with van der Waals surface area (Å²) in [4.78, 5) is 11.1. The summed E-state index contributed by atoms with van der Waals surface area (Å²) in [7, 11) is 0. The Hall–Kier alpha value is -0.350. The smallest absolute Gasteiger partial charge is 0.108 e. The van der Waals surface area contributed by atoms with Gasteiger partial charge in [-0.2, -0.15) is 16.2 Å². The zero-order valence-electron chi connectivity index (χ0n) is 5.53. The Balaban J connectivity index is 2.79. The highest BCUT2D eigenvalue weighted by molar-refractivity contribution is 7.98. The van der Waals surface area contributed by atoms with Crippen LogP contribution >= 0.6 is 23.1 Å².